The molecule has 1 saturated heterocycles. The van der Waals surface area contributed by atoms with Gasteiger partial charge in [-0.15, -0.1) is 5.10 Å². The maximum Gasteiger partial charge on any atom is 0.315 e. The Morgan fingerprint density at radius 2 is 2.47 bits per heavy atom. The average molecular weight is 253 g/mol. The quantitative estimate of drug-likeness (QED) is 0.871. The van der Waals surface area contributed by atoms with Crippen LogP contribution < -0.4 is 5.32 Å². The van der Waals surface area contributed by atoms with Gasteiger partial charge in [0.05, 0.1) is 24.5 Å². The molecule has 7 nitrogen and oxygen atoms in total. The van der Waals surface area contributed by atoms with E-state index in [4.69, 9.17) is 9.15 Å². The van der Waals surface area contributed by atoms with Crippen LogP contribution in [0.15, 0.2) is 10.6 Å². The van der Waals surface area contributed by atoms with Crippen LogP contribution in [0.3, 0.4) is 0 Å². The topological polar surface area (TPSA) is 86.0 Å². The number of hydrogen-bond acceptors (Lipinski definition) is 8. The monoisotopic (exact) mass is 253 g/mol. The second-order valence-corrected chi connectivity index (χ2v) is 4.37. The molecule has 0 amide bonds. The van der Waals surface area contributed by atoms with Crippen LogP contribution in [0, 0.1) is 5.92 Å². The third-order valence-electron chi connectivity index (χ3n) is 2.57. The number of rotatable bonds is 4. The Labute approximate surface area is 102 Å². The van der Waals surface area contributed by atoms with E-state index in [1.807, 2.05) is 0 Å². The van der Waals surface area contributed by atoms with Crippen molar-refractivity contribution in [3.05, 3.63) is 6.20 Å². The highest BCUT2D eigenvalue weighted by Crippen LogP contribution is 2.18. The molecule has 2 aromatic heterocycles. The molecule has 1 atom stereocenters. The molecule has 8 heteroatoms. The predicted molar refractivity (Wildman–Crippen MR) is 60.6 cm³/mol. The maximum absolute atomic E-state index is 5.42. The molecule has 2 aromatic rings. The Hall–Kier alpha value is -1.54. The lowest BCUT2D eigenvalue weighted by Crippen LogP contribution is -2.14. The number of aromatic nitrogens is 4. The zero-order valence-electron chi connectivity index (χ0n) is 9.00. The van der Waals surface area contributed by atoms with E-state index in [1.165, 1.54) is 0 Å². The van der Waals surface area contributed by atoms with Crippen LogP contribution in [-0.2, 0) is 4.74 Å². The van der Waals surface area contributed by atoms with Gasteiger partial charge >= 0.3 is 6.01 Å². The van der Waals surface area contributed by atoms with Crippen molar-refractivity contribution in [3.63, 3.8) is 0 Å². The van der Waals surface area contributed by atoms with Crippen LogP contribution in [0.1, 0.15) is 6.42 Å². The summed E-state index contributed by atoms with van der Waals surface area (Å²) in [6.07, 6.45) is 2.68. The molecule has 90 valence electrons. The first-order valence-electron chi connectivity index (χ1n) is 5.35. The van der Waals surface area contributed by atoms with Gasteiger partial charge in [0.15, 0.2) is 5.69 Å². The van der Waals surface area contributed by atoms with Gasteiger partial charge in [0, 0.05) is 19.1 Å². The Bertz CT molecular complexity index is 465. The van der Waals surface area contributed by atoms with Gasteiger partial charge < -0.3 is 14.5 Å². The summed E-state index contributed by atoms with van der Waals surface area (Å²) < 4.78 is 18.6. The molecule has 0 radical (unpaired) electrons. The van der Waals surface area contributed by atoms with Gasteiger partial charge in [-0.1, -0.05) is 5.10 Å². The van der Waals surface area contributed by atoms with Crippen molar-refractivity contribution in [2.24, 2.45) is 5.92 Å². The van der Waals surface area contributed by atoms with Crippen LogP contribution in [0.2, 0.25) is 0 Å². The summed E-state index contributed by atoms with van der Waals surface area (Å²) in [6, 6.07) is 0.417. The van der Waals surface area contributed by atoms with Crippen LogP contribution in [0.25, 0.3) is 11.6 Å². The highest BCUT2D eigenvalue weighted by Gasteiger charge is 2.17. The van der Waals surface area contributed by atoms with Gasteiger partial charge in [-0.25, -0.2) is 0 Å². The average Bonchev–Trinajstić information content (AvgIpc) is 3.09. The summed E-state index contributed by atoms with van der Waals surface area (Å²) in [5.41, 5.74) is 0.611. The lowest BCUT2D eigenvalue weighted by molar-refractivity contribution is 0.187. The fourth-order valence-corrected chi connectivity index (χ4v) is 2.04. The molecule has 1 unspecified atom stereocenters. The summed E-state index contributed by atoms with van der Waals surface area (Å²) in [5.74, 6) is 0.912. The largest absolute Gasteiger partial charge is 0.402 e. The summed E-state index contributed by atoms with van der Waals surface area (Å²) in [6.45, 7) is 2.42. The Kier molecular flexibility index (Phi) is 2.97. The van der Waals surface area contributed by atoms with E-state index in [2.05, 4.69) is 24.3 Å². The molecular weight excluding hydrogens is 242 g/mol. The minimum atomic E-state index is 0.393. The Morgan fingerprint density at radius 1 is 1.47 bits per heavy atom. The molecule has 1 N–H and O–H groups in total. The van der Waals surface area contributed by atoms with Gasteiger partial charge in [-0.2, -0.15) is 8.75 Å². The first-order valence-corrected chi connectivity index (χ1v) is 6.08. The van der Waals surface area contributed by atoms with Crippen LogP contribution in [0.5, 0.6) is 0 Å². The zero-order chi connectivity index (χ0) is 11.5. The third-order valence-corrected chi connectivity index (χ3v) is 3.05. The van der Waals surface area contributed by atoms with E-state index in [1.54, 1.807) is 6.20 Å². The highest BCUT2D eigenvalue weighted by atomic mass is 32.1. The Balaban J connectivity index is 1.60. The second kappa shape index (κ2) is 4.76. The van der Waals surface area contributed by atoms with Crippen molar-refractivity contribution in [1.82, 2.24) is 18.9 Å². The number of nitrogens with zero attached hydrogens (tertiary/aromatic N) is 4. The second-order valence-electron chi connectivity index (χ2n) is 3.82. The fourth-order valence-electron chi connectivity index (χ4n) is 1.63. The predicted octanol–water partition coefficient (Wildman–Crippen LogP) is 1.04. The van der Waals surface area contributed by atoms with Crippen molar-refractivity contribution in [2.75, 3.05) is 25.1 Å². The van der Waals surface area contributed by atoms with E-state index < -0.39 is 0 Å². The van der Waals surface area contributed by atoms with E-state index in [0.717, 1.165) is 37.9 Å². The normalized spacial score (nSPS) is 19.6. The SMILES string of the molecule is c1nsnc1-c1nnc(NCC2CCOC2)o1. The summed E-state index contributed by atoms with van der Waals surface area (Å²) in [4.78, 5) is 0. The fraction of sp³-hybridized carbons (Fsp3) is 0.556. The number of nitrogens with one attached hydrogen (secondary N) is 1. The van der Waals surface area contributed by atoms with Crippen molar-refractivity contribution < 1.29 is 9.15 Å². The number of ether oxygens (including phenoxy) is 1. The molecule has 0 aliphatic carbocycles. The summed E-state index contributed by atoms with van der Waals surface area (Å²) in [7, 11) is 0. The highest BCUT2D eigenvalue weighted by molar-refractivity contribution is 6.99. The first kappa shape index (κ1) is 10.6. The lowest BCUT2D eigenvalue weighted by atomic mass is 10.1. The minimum Gasteiger partial charge on any atom is -0.402 e. The maximum atomic E-state index is 5.42. The summed E-state index contributed by atoms with van der Waals surface area (Å²) >= 11 is 1.11. The van der Waals surface area contributed by atoms with Gasteiger partial charge in [-0.05, 0) is 6.42 Å². The number of anilines is 1. The smallest absolute Gasteiger partial charge is 0.315 e. The molecule has 0 saturated carbocycles. The van der Waals surface area contributed by atoms with Gasteiger partial charge in [0.1, 0.15) is 0 Å². The molecule has 17 heavy (non-hydrogen) atoms. The minimum absolute atomic E-state index is 0.393. The van der Waals surface area contributed by atoms with E-state index in [9.17, 15) is 0 Å². The van der Waals surface area contributed by atoms with Crippen molar-refractivity contribution >= 4 is 17.7 Å². The van der Waals surface area contributed by atoms with Crippen LogP contribution in [-0.4, -0.2) is 38.7 Å². The van der Waals surface area contributed by atoms with Gasteiger partial charge in [0.25, 0.3) is 5.89 Å². The molecule has 1 aliphatic heterocycles. The van der Waals surface area contributed by atoms with Crippen LogP contribution in [0.4, 0.5) is 6.01 Å². The lowest BCUT2D eigenvalue weighted by Gasteiger charge is -2.05. The van der Waals surface area contributed by atoms with E-state index >= 15 is 0 Å². The van der Waals surface area contributed by atoms with Crippen molar-refractivity contribution in [3.8, 4) is 11.6 Å². The molecule has 0 spiro atoms. The molecule has 3 rings (SSSR count). The van der Waals surface area contributed by atoms with Crippen LogP contribution >= 0.6 is 11.7 Å². The molecule has 1 fully saturated rings. The molecule has 1 aliphatic rings. The molecule has 3 heterocycles. The first-order chi connectivity index (χ1) is 8.42. The molecular formula is C9H11N5O2S. The van der Waals surface area contributed by atoms with Crippen molar-refractivity contribution in [1.29, 1.82) is 0 Å². The van der Waals surface area contributed by atoms with Crippen molar-refractivity contribution in [2.45, 2.75) is 6.42 Å². The molecule has 0 bridgehead atoms. The van der Waals surface area contributed by atoms with Gasteiger partial charge in [0.2, 0.25) is 0 Å². The van der Waals surface area contributed by atoms with Gasteiger partial charge in [-0.3, -0.25) is 0 Å². The molecule has 0 aromatic carbocycles. The van der Waals surface area contributed by atoms with E-state index in [0.29, 0.717) is 23.5 Å². The Morgan fingerprint density at radius 3 is 3.24 bits per heavy atom. The number of hydrogen-bond donors (Lipinski definition) is 1. The standard InChI is InChI=1S/C9H11N5O2S/c1-2-15-5-6(1)3-10-9-13-12-8(16-9)7-4-11-17-14-7/h4,6H,1-3,5H2,(H,10,13). The summed E-state index contributed by atoms with van der Waals surface area (Å²) in [5, 5.41) is 10.9. The zero-order valence-corrected chi connectivity index (χ0v) is 9.81. The van der Waals surface area contributed by atoms with E-state index in [-0.39, 0.29) is 0 Å². The third kappa shape index (κ3) is 2.42.